The number of ether oxygens (including phenoxy) is 2. The van der Waals surface area contributed by atoms with Gasteiger partial charge in [-0.25, -0.2) is 10.2 Å². The number of H-pyrrole nitrogens is 1. The van der Waals surface area contributed by atoms with Crippen LogP contribution in [0, 0.1) is 0 Å². The Bertz CT molecular complexity index is 1710. The van der Waals surface area contributed by atoms with E-state index in [1.807, 2.05) is 54.6 Å². The first-order chi connectivity index (χ1) is 18.9. The summed E-state index contributed by atoms with van der Waals surface area (Å²) in [4.78, 5) is 29.3. The standard InChI is InChI=1S/C30H21Br2N3O4/c1-38-22-11-7-10-19(15-22)30(37)39-28-20(14-21(31)16-24(28)32)17-33-35-29(36)27-26(18-8-3-2-4-9-18)23-12-5-6-13-25(23)34-27/h2-17,34H,1H3,(H,35,36). The number of nitrogens with one attached hydrogen (secondary N) is 2. The Labute approximate surface area is 241 Å². The minimum atomic E-state index is -0.568. The van der Waals surface area contributed by atoms with Crippen molar-refractivity contribution in [2.24, 2.45) is 5.10 Å². The smallest absolute Gasteiger partial charge is 0.343 e. The van der Waals surface area contributed by atoms with Crippen LogP contribution in [-0.4, -0.2) is 30.2 Å². The fraction of sp³-hybridized carbons (Fsp3) is 0.0333. The van der Waals surface area contributed by atoms with Crippen LogP contribution in [0.2, 0.25) is 0 Å². The molecule has 1 heterocycles. The molecule has 2 N–H and O–H groups in total. The van der Waals surface area contributed by atoms with Crippen LogP contribution >= 0.6 is 31.9 Å². The van der Waals surface area contributed by atoms with Gasteiger partial charge < -0.3 is 14.5 Å². The molecule has 0 saturated heterocycles. The number of aromatic nitrogens is 1. The van der Waals surface area contributed by atoms with E-state index in [1.165, 1.54) is 13.3 Å². The molecule has 1 amide bonds. The first-order valence-corrected chi connectivity index (χ1v) is 13.4. The van der Waals surface area contributed by atoms with E-state index < -0.39 is 11.9 Å². The van der Waals surface area contributed by atoms with Gasteiger partial charge in [-0.1, -0.05) is 70.5 Å². The number of para-hydroxylation sites is 1. The number of fused-ring (bicyclic) bond motifs is 1. The van der Waals surface area contributed by atoms with Crippen molar-refractivity contribution in [3.63, 3.8) is 0 Å². The van der Waals surface area contributed by atoms with E-state index in [2.05, 4.69) is 47.4 Å². The van der Waals surface area contributed by atoms with Crippen LogP contribution in [0.1, 0.15) is 26.4 Å². The van der Waals surface area contributed by atoms with Gasteiger partial charge in [-0.15, -0.1) is 0 Å². The monoisotopic (exact) mass is 645 g/mol. The van der Waals surface area contributed by atoms with Crippen LogP contribution in [0.5, 0.6) is 11.5 Å². The summed E-state index contributed by atoms with van der Waals surface area (Å²) in [5.41, 5.74) is 6.32. The van der Waals surface area contributed by atoms with Crippen molar-refractivity contribution in [1.29, 1.82) is 0 Å². The van der Waals surface area contributed by atoms with Crippen molar-refractivity contribution in [3.05, 3.63) is 117 Å². The van der Waals surface area contributed by atoms with Gasteiger partial charge in [0.2, 0.25) is 0 Å². The molecule has 0 aliphatic carbocycles. The third-order valence-corrected chi connectivity index (χ3v) is 6.95. The molecule has 5 rings (SSSR count). The molecule has 0 bridgehead atoms. The first-order valence-electron chi connectivity index (χ1n) is 11.8. The fourth-order valence-corrected chi connectivity index (χ4v) is 5.46. The summed E-state index contributed by atoms with van der Waals surface area (Å²) in [5.74, 6) is -0.193. The predicted molar refractivity (Wildman–Crippen MR) is 159 cm³/mol. The van der Waals surface area contributed by atoms with E-state index in [0.29, 0.717) is 27.0 Å². The normalized spacial score (nSPS) is 11.1. The molecule has 9 heteroatoms. The Morgan fingerprint density at radius 2 is 1.69 bits per heavy atom. The molecule has 0 unspecified atom stereocenters. The molecule has 0 aliphatic rings. The maximum absolute atomic E-state index is 13.3. The van der Waals surface area contributed by atoms with E-state index in [1.54, 1.807) is 36.4 Å². The van der Waals surface area contributed by atoms with Crippen LogP contribution in [0.3, 0.4) is 0 Å². The number of benzene rings is 4. The first kappa shape index (κ1) is 26.4. The lowest BCUT2D eigenvalue weighted by Crippen LogP contribution is -2.19. The number of carbonyl (C=O) groups is 2. The molecule has 0 saturated carbocycles. The Kier molecular flexibility index (Phi) is 7.90. The lowest BCUT2D eigenvalue weighted by Gasteiger charge is -2.11. The third kappa shape index (κ3) is 5.79. The van der Waals surface area contributed by atoms with E-state index in [4.69, 9.17) is 9.47 Å². The summed E-state index contributed by atoms with van der Waals surface area (Å²) >= 11 is 6.90. The summed E-state index contributed by atoms with van der Waals surface area (Å²) in [5, 5.41) is 5.11. The van der Waals surface area contributed by atoms with Gasteiger partial charge in [0, 0.05) is 26.5 Å². The molecule has 7 nitrogen and oxygen atoms in total. The van der Waals surface area contributed by atoms with Crippen LogP contribution in [0.4, 0.5) is 0 Å². The molecule has 39 heavy (non-hydrogen) atoms. The maximum atomic E-state index is 13.3. The minimum Gasteiger partial charge on any atom is -0.497 e. The van der Waals surface area contributed by atoms with E-state index >= 15 is 0 Å². The molecule has 0 spiro atoms. The van der Waals surface area contributed by atoms with Crippen molar-refractivity contribution >= 4 is 60.9 Å². The molecule has 0 aliphatic heterocycles. The number of carbonyl (C=O) groups excluding carboxylic acids is 2. The van der Waals surface area contributed by atoms with Gasteiger partial charge in [0.05, 0.1) is 23.4 Å². The van der Waals surface area contributed by atoms with Crippen molar-refractivity contribution in [2.75, 3.05) is 7.11 Å². The molecule has 0 fully saturated rings. The molecule has 4 aromatic carbocycles. The number of amides is 1. The number of aromatic amines is 1. The summed E-state index contributed by atoms with van der Waals surface area (Å²) in [6, 6.07) is 27.6. The Morgan fingerprint density at radius 3 is 2.49 bits per heavy atom. The summed E-state index contributed by atoms with van der Waals surface area (Å²) in [7, 11) is 1.53. The van der Waals surface area contributed by atoms with Gasteiger partial charge in [-0.3, -0.25) is 4.79 Å². The van der Waals surface area contributed by atoms with E-state index in [0.717, 1.165) is 26.5 Å². The number of hydrogen-bond acceptors (Lipinski definition) is 5. The Hall–Kier alpha value is -4.21. The summed E-state index contributed by atoms with van der Waals surface area (Å²) in [6.07, 6.45) is 1.42. The molecular weight excluding hydrogens is 626 g/mol. The van der Waals surface area contributed by atoms with Gasteiger partial charge in [-0.2, -0.15) is 5.10 Å². The number of hydrazone groups is 1. The lowest BCUT2D eigenvalue weighted by molar-refractivity contribution is 0.0732. The van der Waals surface area contributed by atoms with Gasteiger partial charge in [0.1, 0.15) is 11.4 Å². The second-order valence-electron chi connectivity index (χ2n) is 8.41. The quantitative estimate of drug-likeness (QED) is 0.0837. The molecular formula is C30H21Br2N3O4. The highest BCUT2D eigenvalue weighted by molar-refractivity contribution is 9.11. The second-order valence-corrected chi connectivity index (χ2v) is 10.2. The number of nitrogens with zero attached hydrogens (tertiary/aromatic N) is 1. The Morgan fingerprint density at radius 1 is 0.923 bits per heavy atom. The third-order valence-electron chi connectivity index (χ3n) is 5.90. The number of methoxy groups -OCH3 is 1. The fourth-order valence-electron chi connectivity index (χ4n) is 4.12. The van der Waals surface area contributed by atoms with Gasteiger partial charge in [-0.05, 0) is 57.9 Å². The molecule has 5 aromatic rings. The van der Waals surface area contributed by atoms with Crippen LogP contribution in [-0.2, 0) is 0 Å². The lowest BCUT2D eigenvalue weighted by atomic mass is 10.0. The number of halogens is 2. The van der Waals surface area contributed by atoms with E-state index in [-0.39, 0.29) is 5.75 Å². The SMILES string of the molecule is COc1cccc(C(=O)Oc2c(Br)cc(Br)cc2C=NNC(=O)c2[nH]c3ccccc3c2-c2ccccc2)c1. The zero-order valence-electron chi connectivity index (χ0n) is 20.6. The molecule has 0 atom stereocenters. The van der Waals surface area contributed by atoms with Crippen LogP contribution in [0.15, 0.2) is 105 Å². The van der Waals surface area contributed by atoms with Gasteiger partial charge in [0.15, 0.2) is 5.75 Å². The Balaban J connectivity index is 1.42. The van der Waals surface area contributed by atoms with Crippen molar-refractivity contribution in [3.8, 4) is 22.6 Å². The number of rotatable bonds is 7. The van der Waals surface area contributed by atoms with Gasteiger partial charge in [0.25, 0.3) is 5.91 Å². The molecule has 0 radical (unpaired) electrons. The van der Waals surface area contributed by atoms with E-state index in [9.17, 15) is 9.59 Å². The van der Waals surface area contributed by atoms with Crippen molar-refractivity contribution in [2.45, 2.75) is 0 Å². The zero-order valence-corrected chi connectivity index (χ0v) is 23.7. The number of hydrogen-bond donors (Lipinski definition) is 2. The second kappa shape index (κ2) is 11.7. The predicted octanol–water partition coefficient (Wildman–Crippen LogP) is 7.35. The highest BCUT2D eigenvalue weighted by atomic mass is 79.9. The van der Waals surface area contributed by atoms with Crippen molar-refractivity contribution < 1.29 is 19.1 Å². The largest absolute Gasteiger partial charge is 0.497 e. The maximum Gasteiger partial charge on any atom is 0.343 e. The van der Waals surface area contributed by atoms with Crippen LogP contribution in [0.25, 0.3) is 22.0 Å². The highest BCUT2D eigenvalue weighted by Crippen LogP contribution is 2.34. The summed E-state index contributed by atoms with van der Waals surface area (Å²) in [6.45, 7) is 0. The van der Waals surface area contributed by atoms with Crippen LogP contribution < -0.4 is 14.9 Å². The van der Waals surface area contributed by atoms with Crippen molar-refractivity contribution in [1.82, 2.24) is 10.4 Å². The average Bonchev–Trinajstić information content (AvgIpc) is 3.35. The average molecular weight is 647 g/mol. The van der Waals surface area contributed by atoms with Gasteiger partial charge >= 0.3 is 5.97 Å². The topological polar surface area (TPSA) is 92.8 Å². The molecule has 1 aromatic heterocycles. The zero-order chi connectivity index (χ0) is 27.4. The molecule has 194 valence electrons. The summed E-state index contributed by atoms with van der Waals surface area (Å²) < 4.78 is 12.2. The number of esters is 1. The minimum absolute atomic E-state index is 0.250. The highest BCUT2D eigenvalue weighted by Gasteiger charge is 2.19.